The first kappa shape index (κ1) is 7.77. The highest BCUT2D eigenvalue weighted by molar-refractivity contribution is 5.08. The van der Waals surface area contributed by atoms with Crippen LogP contribution in [-0.2, 0) is 0 Å². The number of hydrogen-bond donors (Lipinski definition) is 0. The highest BCUT2D eigenvalue weighted by Gasteiger charge is 2.30. The molecule has 0 spiro atoms. The van der Waals surface area contributed by atoms with Gasteiger partial charge in [-0.25, -0.2) is 0 Å². The Morgan fingerprint density at radius 3 is 2.50 bits per heavy atom. The lowest BCUT2D eigenvalue weighted by atomic mass is 10.3. The second-order valence-electron chi connectivity index (χ2n) is 3.84. The van der Waals surface area contributed by atoms with Gasteiger partial charge in [0.15, 0.2) is 0 Å². The number of nitrogens with zero attached hydrogens (tertiary/aromatic N) is 3. The smallest absolute Gasteiger partial charge is 0.136 e. The summed E-state index contributed by atoms with van der Waals surface area (Å²) in [5.41, 5.74) is 0. The lowest BCUT2D eigenvalue weighted by Gasteiger charge is -2.11. The summed E-state index contributed by atoms with van der Waals surface area (Å²) in [7, 11) is 0. The van der Waals surface area contributed by atoms with Crippen LogP contribution in [0.4, 0.5) is 0 Å². The highest BCUT2D eigenvalue weighted by Crippen LogP contribution is 2.39. The molecule has 0 atom stereocenters. The zero-order chi connectivity index (χ0) is 8.72. The molecule has 2 rings (SSSR count). The quantitative estimate of drug-likeness (QED) is 0.671. The van der Waals surface area contributed by atoms with Crippen LogP contribution in [0.15, 0.2) is 0 Å². The van der Waals surface area contributed by atoms with Crippen LogP contribution >= 0.6 is 0 Å². The van der Waals surface area contributed by atoms with Crippen molar-refractivity contribution >= 4 is 0 Å². The van der Waals surface area contributed by atoms with E-state index in [-0.39, 0.29) is 0 Å². The van der Waals surface area contributed by atoms with Gasteiger partial charge >= 0.3 is 0 Å². The molecule has 1 fully saturated rings. The van der Waals surface area contributed by atoms with Gasteiger partial charge in [-0.2, -0.15) is 0 Å². The third-order valence-electron chi connectivity index (χ3n) is 2.35. The van der Waals surface area contributed by atoms with E-state index in [9.17, 15) is 0 Å². The summed E-state index contributed by atoms with van der Waals surface area (Å²) in [4.78, 5) is 0. The molecule has 0 saturated heterocycles. The molecular formula is C9H15N3. The van der Waals surface area contributed by atoms with Crippen molar-refractivity contribution in [3.05, 3.63) is 11.6 Å². The average Bonchev–Trinajstić information content (AvgIpc) is 2.75. The molecule has 0 aromatic carbocycles. The maximum atomic E-state index is 4.21. The van der Waals surface area contributed by atoms with Crippen LogP contribution in [0.2, 0.25) is 0 Å². The van der Waals surface area contributed by atoms with Crippen molar-refractivity contribution in [3.8, 4) is 0 Å². The van der Waals surface area contributed by atoms with Crippen molar-refractivity contribution in [1.29, 1.82) is 0 Å². The summed E-state index contributed by atoms with van der Waals surface area (Å²) in [6, 6.07) is 0.496. The van der Waals surface area contributed by atoms with Gasteiger partial charge in [-0.15, -0.1) is 10.2 Å². The second-order valence-corrected chi connectivity index (χ2v) is 3.84. The molecule has 3 heteroatoms. The number of aryl methyl sites for hydroxylation is 1. The van der Waals surface area contributed by atoms with E-state index in [1.807, 2.05) is 6.92 Å². The summed E-state index contributed by atoms with van der Waals surface area (Å²) in [6.07, 6.45) is 2.59. The Balaban J connectivity index is 2.39. The molecule has 0 bridgehead atoms. The lowest BCUT2D eigenvalue weighted by Crippen LogP contribution is -2.07. The van der Waals surface area contributed by atoms with Crippen LogP contribution in [0.5, 0.6) is 0 Å². The molecule has 1 aliphatic carbocycles. The third-order valence-corrected chi connectivity index (χ3v) is 2.35. The van der Waals surface area contributed by atoms with Gasteiger partial charge in [0.2, 0.25) is 0 Å². The van der Waals surface area contributed by atoms with Crippen LogP contribution in [-0.4, -0.2) is 14.8 Å². The Kier molecular flexibility index (Phi) is 1.67. The molecule has 1 aromatic rings. The predicted octanol–water partition coefficient (Wildman–Crippen LogP) is 2.04. The van der Waals surface area contributed by atoms with E-state index < -0.39 is 0 Å². The van der Waals surface area contributed by atoms with Crippen molar-refractivity contribution < 1.29 is 0 Å². The van der Waals surface area contributed by atoms with Crippen molar-refractivity contribution in [2.24, 2.45) is 0 Å². The average molecular weight is 165 g/mol. The monoisotopic (exact) mass is 165 g/mol. The van der Waals surface area contributed by atoms with E-state index >= 15 is 0 Å². The zero-order valence-electron chi connectivity index (χ0n) is 7.91. The van der Waals surface area contributed by atoms with E-state index in [4.69, 9.17) is 0 Å². The Labute approximate surface area is 72.8 Å². The second kappa shape index (κ2) is 2.57. The Morgan fingerprint density at radius 1 is 1.33 bits per heavy atom. The van der Waals surface area contributed by atoms with Gasteiger partial charge in [0, 0.05) is 12.0 Å². The van der Waals surface area contributed by atoms with Gasteiger partial charge in [-0.05, 0) is 33.6 Å². The molecule has 3 nitrogen and oxygen atoms in total. The van der Waals surface area contributed by atoms with Gasteiger partial charge in [-0.1, -0.05) is 0 Å². The maximum Gasteiger partial charge on any atom is 0.136 e. The summed E-state index contributed by atoms with van der Waals surface area (Å²) in [5.74, 6) is 2.95. The first-order valence-corrected chi connectivity index (χ1v) is 4.61. The minimum atomic E-state index is 0.496. The summed E-state index contributed by atoms with van der Waals surface area (Å²) in [6.45, 7) is 6.39. The topological polar surface area (TPSA) is 30.7 Å². The Hall–Kier alpha value is -0.860. The molecule has 66 valence electrons. The fraction of sp³-hybridized carbons (Fsp3) is 0.778. The Morgan fingerprint density at radius 2 is 2.00 bits per heavy atom. The van der Waals surface area contributed by atoms with Gasteiger partial charge in [-0.3, -0.25) is 0 Å². The fourth-order valence-corrected chi connectivity index (χ4v) is 1.64. The van der Waals surface area contributed by atoms with Gasteiger partial charge in [0.05, 0.1) is 0 Å². The predicted molar refractivity (Wildman–Crippen MR) is 47.1 cm³/mol. The van der Waals surface area contributed by atoms with Crippen molar-refractivity contribution in [2.45, 2.75) is 45.6 Å². The molecular weight excluding hydrogens is 150 g/mol. The van der Waals surface area contributed by atoms with Crippen molar-refractivity contribution in [2.75, 3.05) is 0 Å². The normalized spacial score (nSPS) is 17.3. The third kappa shape index (κ3) is 1.13. The molecule has 0 unspecified atom stereocenters. The summed E-state index contributed by atoms with van der Waals surface area (Å²) in [5, 5.41) is 8.32. The molecule has 1 heterocycles. The van der Waals surface area contributed by atoms with Crippen LogP contribution in [0.25, 0.3) is 0 Å². The van der Waals surface area contributed by atoms with Crippen LogP contribution in [0.1, 0.15) is 50.3 Å². The molecule has 0 N–H and O–H groups in total. The largest absolute Gasteiger partial charge is 0.312 e. The van der Waals surface area contributed by atoms with E-state index in [1.165, 1.54) is 18.7 Å². The van der Waals surface area contributed by atoms with E-state index in [1.54, 1.807) is 0 Å². The molecule has 1 aliphatic rings. The Bertz CT molecular complexity index is 284. The number of rotatable bonds is 2. The molecule has 1 aromatic heterocycles. The lowest BCUT2D eigenvalue weighted by molar-refractivity contribution is 0.555. The first-order chi connectivity index (χ1) is 5.70. The maximum absolute atomic E-state index is 4.21. The van der Waals surface area contributed by atoms with E-state index in [0.717, 1.165) is 5.82 Å². The van der Waals surface area contributed by atoms with Crippen LogP contribution in [0.3, 0.4) is 0 Å². The van der Waals surface area contributed by atoms with Crippen molar-refractivity contribution in [1.82, 2.24) is 14.8 Å². The van der Waals surface area contributed by atoms with E-state index in [0.29, 0.717) is 12.0 Å². The van der Waals surface area contributed by atoms with Gasteiger partial charge in [0.25, 0.3) is 0 Å². The fourth-order valence-electron chi connectivity index (χ4n) is 1.64. The van der Waals surface area contributed by atoms with Crippen LogP contribution < -0.4 is 0 Å². The number of aromatic nitrogens is 3. The standard InChI is InChI=1S/C9H15N3/c1-6(2)12-7(3)10-11-9(12)8-4-5-8/h6,8H,4-5H2,1-3H3. The molecule has 1 saturated carbocycles. The number of hydrogen-bond acceptors (Lipinski definition) is 2. The zero-order valence-corrected chi connectivity index (χ0v) is 7.91. The van der Waals surface area contributed by atoms with E-state index in [2.05, 4.69) is 28.6 Å². The summed E-state index contributed by atoms with van der Waals surface area (Å²) >= 11 is 0. The van der Waals surface area contributed by atoms with Crippen molar-refractivity contribution in [3.63, 3.8) is 0 Å². The molecule has 0 aliphatic heterocycles. The molecule has 0 amide bonds. The highest BCUT2D eigenvalue weighted by atomic mass is 15.3. The summed E-state index contributed by atoms with van der Waals surface area (Å²) < 4.78 is 2.25. The molecule has 0 radical (unpaired) electrons. The van der Waals surface area contributed by atoms with Gasteiger partial charge < -0.3 is 4.57 Å². The van der Waals surface area contributed by atoms with Crippen LogP contribution in [0, 0.1) is 6.92 Å². The SMILES string of the molecule is Cc1nnc(C2CC2)n1C(C)C. The minimum Gasteiger partial charge on any atom is -0.312 e. The van der Waals surface area contributed by atoms with Gasteiger partial charge in [0.1, 0.15) is 11.6 Å². The minimum absolute atomic E-state index is 0.496. The first-order valence-electron chi connectivity index (χ1n) is 4.61. The molecule has 12 heavy (non-hydrogen) atoms.